The number of para-hydroxylation sites is 1. The summed E-state index contributed by atoms with van der Waals surface area (Å²) in [6, 6.07) is 37.2. The van der Waals surface area contributed by atoms with E-state index in [1.165, 1.54) is 16.8 Å². The van der Waals surface area contributed by atoms with Crippen LogP contribution in [0.1, 0.15) is 28.7 Å². The molecule has 0 unspecified atom stereocenters. The molecule has 1 N–H and O–H groups in total. The average molecular weight is 452 g/mol. The van der Waals surface area contributed by atoms with Gasteiger partial charge in [-0.25, -0.2) is 0 Å². The number of anilines is 1. The Labute approximate surface area is 201 Å². The number of aliphatic carboxylic acids is 1. The molecule has 34 heavy (non-hydrogen) atoms. The van der Waals surface area contributed by atoms with E-state index in [0.29, 0.717) is 13.0 Å². The average Bonchev–Trinajstić information content (AvgIpc) is 2.88. The van der Waals surface area contributed by atoms with Crippen LogP contribution in [0.25, 0.3) is 0 Å². The topological polar surface area (TPSA) is 49.8 Å². The number of ether oxygens (including phenoxy) is 1. The SMILES string of the molecule is O=C(O)CCc1ccc(OCc2ccc(CN(Cc3ccccc3)c3ccccc3)cc2)cc1. The zero-order valence-corrected chi connectivity index (χ0v) is 19.1. The van der Waals surface area contributed by atoms with Gasteiger partial charge in [-0.05, 0) is 52.9 Å². The quantitative estimate of drug-likeness (QED) is 0.283. The molecule has 0 bridgehead atoms. The first-order chi connectivity index (χ1) is 16.7. The molecule has 4 heteroatoms. The van der Waals surface area contributed by atoms with Crippen molar-refractivity contribution < 1.29 is 14.6 Å². The van der Waals surface area contributed by atoms with Crippen LogP contribution in [-0.4, -0.2) is 11.1 Å². The first-order valence-corrected chi connectivity index (χ1v) is 11.5. The van der Waals surface area contributed by atoms with E-state index in [9.17, 15) is 4.79 Å². The van der Waals surface area contributed by atoms with Gasteiger partial charge in [-0.3, -0.25) is 4.79 Å². The number of aryl methyl sites for hydroxylation is 1. The van der Waals surface area contributed by atoms with Gasteiger partial charge in [0.15, 0.2) is 0 Å². The maximum Gasteiger partial charge on any atom is 0.303 e. The summed E-state index contributed by atoms with van der Waals surface area (Å²) >= 11 is 0. The Morgan fingerprint density at radius 2 is 1.18 bits per heavy atom. The Hall–Kier alpha value is -4.05. The number of rotatable bonds is 11. The molecule has 0 aliphatic carbocycles. The molecule has 4 aromatic carbocycles. The Morgan fingerprint density at radius 1 is 0.647 bits per heavy atom. The van der Waals surface area contributed by atoms with E-state index in [-0.39, 0.29) is 6.42 Å². The standard InChI is InChI=1S/C30H29NO3/c32-30(33)20-17-24-15-18-29(19-16-24)34-23-27-13-11-26(12-14-27)22-31(28-9-5-2-6-10-28)21-25-7-3-1-4-8-25/h1-16,18-19H,17,20-23H2,(H,32,33). The van der Waals surface area contributed by atoms with Crippen LogP contribution in [0.2, 0.25) is 0 Å². The molecule has 0 atom stereocenters. The summed E-state index contributed by atoms with van der Waals surface area (Å²) in [7, 11) is 0. The van der Waals surface area contributed by atoms with E-state index >= 15 is 0 Å². The number of hydrogen-bond donors (Lipinski definition) is 1. The van der Waals surface area contributed by atoms with Crippen molar-refractivity contribution >= 4 is 11.7 Å². The molecule has 0 radical (unpaired) electrons. The molecular weight excluding hydrogens is 422 g/mol. The predicted octanol–water partition coefficient (Wildman–Crippen LogP) is 6.49. The Bertz CT molecular complexity index is 1160. The normalized spacial score (nSPS) is 10.6. The third kappa shape index (κ3) is 6.97. The van der Waals surface area contributed by atoms with Gasteiger partial charge >= 0.3 is 5.97 Å². The molecule has 0 saturated heterocycles. The second-order valence-electron chi connectivity index (χ2n) is 8.32. The maximum absolute atomic E-state index is 10.7. The number of carboxylic acid groups (broad SMARTS) is 1. The fraction of sp³-hybridized carbons (Fsp3) is 0.167. The molecule has 4 rings (SSSR count). The van der Waals surface area contributed by atoms with Gasteiger partial charge in [0.05, 0.1) is 0 Å². The van der Waals surface area contributed by atoms with Gasteiger partial charge in [-0.2, -0.15) is 0 Å². The van der Waals surface area contributed by atoms with Crippen molar-refractivity contribution in [3.8, 4) is 5.75 Å². The van der Waals surface area contributed by atoms with Crippen LogP contribution < -0.4 is 9.64 Å². The maximum atomic E-state index is 10.7. The molecule has 0 amide bonds. The number of carbonyl (C=O) groups is 1. The van der Waals surface area contributed by atoms with Crippen LogP contribution in [0.3, 0.4) is 0 Å². The highest BCUT2D eigenvalue weighted by Crippen LogP contribution is 2.21. The molecule has 0 saturated carbocycles. The fourth-order valence-corrected chi connectivity index (χ4v) is 3.81. The molecule has 0 aliphatic rings. The lowest BCUT2D eigenvalue weighted by Crippen LogP contribution is -2.22. The molecule has 0 spiro atoms. The minimum absolute atomic E-state index is 0.138. The summed E-state index contributed by atoms with van der Waals surface area (Å²) in [5, 5.41) is 8.80. The van der Waals surface area contributed by atoms with E-state index in [4.69, 9.17) is 9.84 Å². The molecule has 0 aliphatic heterocycles. The molecule has 0 aromatic heterocycles. The number of carboxylic acids is 1. The van der Waals surface area contributed by atoms with Crippen LogP contribution >= 0.6 is 0 Å². The summed E-state index contributed by atoms with van der Waals surface area (Å²) in [5.41, 5.74) is 5.83. The Balaban J connectivity index is 1.35. The highest BCUT2D eigenvalue weighted by molar-refractivity contribution is 5.67. The zero-order chi connectivity index (χ0) is 23.6. The second kappa shape index (κ2) is 11.7. The van der Waals surface area contributed by atoms with Gasteiger partial charge in [0.2, 0.25) is 0 Å². The highest BCUT2D eigenvalue weighted by atomic mass is 16.5. The van der Waals surface area contributed by atoms with Gasteiger partial charge in [0.1, 0.15) is 12.4 Å². The molecule has 0 heterocycles. The van der Waals surface area contributed by atoms with Crippen molar-refractivity contribution in [2.75, 3.05) is 4.90 Å². The van der Waals surface area contributed by atoms with E-state index in [0.717, 1.165) is 30.0 Å². The summed E-state index contributed by atoms with van der Waals surface area (Å²) in [6.07, 6.45) is 0.668. The number of nitrogens with zero attached hydrogens (tertiary/aromatic N) is 1. The Morgan fingerprint density at radius 3 is 1.79 bits per heavy atom. The van der Waals surface area contributed by atoms with Crippen molar-refractivity contribution in [2.24, 2.45) is 0 Å². The van der Waals surface area contributed by atoms with Gasteiger partial charge < -0.3 is 14.7 Å². The van der Waals surface area contributed by atoms with Gasteiger partial charge in [0.25, 0.3) is 0 Å². The van der Waals surface area contributed by atoms with Crippen molar-refractivity contribution in [1.82, 2.24) is 0 Å². The zero-order valence-electron chi connectivity index (χ0n) is 19.1. The minimum atomic E-state index is -0.782. The predicted molar refractivity (Wildman–Crippen MR) is 136 cm³/mol. The minimum Gasteiger partial charge on any atom is -0.489 e. The molecular formula is C30H29NO3. The van der Waals surface area contributed by atoms with E-state index in [1.807, 2.05) is 36.4 Å². The Kier molecular flexibility index (Phi) is 7.96. The molecule has 172 valence electrons. The van der Waals surface area contributed by atoms with Crippen LogP contribution in [0.5, 0.6) is 5.75 Å². The number of benzene rings is 4. The molecule has 4 aromatic rings. The molecule has 4 nitrogen and oxygen atoms in total. The smallest absolute Gasteiger partial charge is 0.303 e. The van der Waals surface area contributed by atoms with Gasteiger partial charge in [-0.1, -0.05) is 84.9 Å². The second-order valence-corrected chi connectivity index (χ2v) is 8.32. The van der Waals surface area contributed by atoms with Crippen LogP contribution in [0.15, 0.2) is 109 Å². The lowest BCUT2D eigenvalue weighted by atomic mass is 10.1. The highest BCUT2D eigenvalue weighted by Gasteiger charge is 2.09. The third-order valence-electron chi connectivity index (χ3n) is 5.69. The fourth-order valence-electron chi connectivity index (χ4n) is 3.81. The first kappa shape index (κ1) is 23.1. The monoisotopic (exact) mass is 451 g/mol. The van der Waals surface area contributed by atoms with Crippen molar-refractivity contribution in [2.45, 2.75) is 32.5 Å². The van der Waals surface area contributed by atoms with Crippen molar-refractivity contribution in [3.05, 3.63) is 131 Å². The lowest BCUT2D eigenvalue weighted by Gasteiger charge is -2.25. The summed E-state index contributed by atoms with van der Waals surface area (Å²) in [6.45, 7) is 2.15. The lowest BCUT2D eigenvalue weighted by molar-refractivity contribution is -0.136. The first-order valence-electron chi connectivity index (χ1n) is 11.5. The number of hydrogen-bond acceptors (Lipinski definition) is 3. The summed E-state index contributed by atoms with van der Waals surface area (Å²) in [5.74, 6) is -0.00278. The van der Waals surface area contributed by atoms with Crippen LogP contribution in [0.4, 0.5) is 5.69 Å². The van der Waals surface area contributed by atoms with E-state index < -0.39 is 5.97 Å². The van der Waals surface area contributed by atoms with Gasteiger partial charge in [-0.15, -0.1) is 0 Å². The molecule has 0 fully saturated rings. The van der Waals surface area contributed by atoms with Gasteiger partial charge in [0, 0.05) is 25.2 Å². The van der Waals surface area contributed by atoms with E-state index in [1.54, 1.807) is 0 Å². The van der Waals surface area contributed by atoms with Crippen molar-refractivity contribution in [1.29, 1.82) is 0 Å². The third-order valence-corrected chi connectivity index (χ3v) is 5.69. The van der Waals surface area contributed by atoms with Crippen LogP contribution in [0, 0.1) is 0 Å². The van der Waals surface area contributed by atoms with Crippen molar-refractivity contribution in [3.63, 3.8) is 0 Å². The summed E-state index contributed by atoms with van der Waals surface area (Å²) in [4.78, 5) is 13.1. The summed E-state index contributed by atoms with van der Waals surface area (Å²) < 4.78 is 5.92. The largest absolute Gasteiger partial charge is 0.489 e. The van der Waals surface area contributed by atoms with E-state index in [2.05, 4.69) is 77.7 Å². The van der Waals surface area contributed by atoms with Crippen LogP contribution in [-0.2, 0) is 30.9 Å².